The fraction of sp³-hybridized carbons (Fsp3) is 0.200. The van der Waals surface area contributed by atoms with E-state index in [-0.39, 0.29) is 0 Å². The van der Waals surface area contributed by atoms with Gasteiger partial charge in [-0.25, -0.2) is 0 Å². The fourth-order valence-corrected chi connectivity index (χ4v) is 1.57. The van der Waals surface area contributed by atoms with E-state index in [2.05, 4.69) is 0 Å². The van der Waals surface area contributed by atoms with Crippen LogP contribution < -0.4 is 11.2 Å². The van der Waals surface area contributed by atoms with E-state index in [0.717, 1.165) is 4.88 Å². The van der Waals surface area contributed by atoms with Crippen LogP contribution in [-0.2, 0) is 0 Å². The van der Waals surface area contributed by atoms with Crippen molar-refractivity contribution in [3.63, 3.8) is 0 Å². The highest BCUT2D eigenvalue weighted by Crippen LogP contribution is 2.14. The van der Waals surface area contributed by atoms with Gasteiger partial charge in [0.25, 0.3) is 0 Å². The minimum atomic E-state index is -1.44. The third kappa shape index (κ3) is 1.31. The van der Waals surface area contributed by atoms with Gasteiger partial charge in [0.2, 0.25) is 0 Å². The van der Waals surface area contributed by atoms with Crippen molar-refractivity contribution in [2.24, 2.45) is 0 Å². The Kier molecular flexibility index (Phi) is 1.98. The first kappa shape index (κ1) is 7.59. The molecule has 1 rings (SSSR count). The highest BCUT2D eigenvalue weighted by atomic mass is 32.1. The van der Waals surface area contributed by atoms with Gasteiger partial charge in [0, 0.05) is 10.3 Å². The Labute approximate surface area is 63.3 Å². The molecule has 4 N–H and O–H groups in total. The molecule has 1 heterocycles. The zero-order chi connectivity index (χ0) is 7.72. The largest absolute Gasteiger partial charge is 0.491 e. The quantitative estimate of drug-likeness (QED) is 0.473. The molecule has 0 amide bonds. The molecule has 1 aromatic rings. The van der Waals surface area contributed by atoms with Crippen molar-refractivity contribution in [3.8, 4) is 0 Å². The number of nitrogen functional groups attached to an aromatic ring is 1. The van der Waals surface area contributed by atoms with Gasteiger partial charge in [-0.1, -0.05) is 0 Å². The molecule has 0 bridgehead atoms. The highest BCUT2D eigenvalue weighted by Gasteiger charge is 2.16. The minimum absolute atomic E-state index is 0.405. The lowest BCUT2D eigenvalue weighted by Gasteiger charge is -1.93. The molecule has 0 saturated carbocycles. The molecular formula is C5H8BNO2S. The van der Waals surface area contributed by atoms with Gasteiger partial charge >= 0.3 is 7.12 Å². The molecule has 0 unspecified atom stereocenters. The zero-order valence-corrected chi connectivity index (χ0v) is 6.35. The van der Waals surface area contributed by atoms with Crippen LogP contribution in [0.25, 0.3) is 0 Å². The van der Waals surface area contributed by atoms with Crippen LogP contribution in [0.5, 0.6) is 0 Å². The summed E-state index contributed by atoms with van der Waals surface area (Å²) in [5.41, 5.74) is 5.85. The van der Waals surface area contributed by atoms with E-state index in [0.29, 0.717) is 10.5 Å². The van der Waals surface area contributed by atoms with Crippen LogP contribution in [-0.4, -0.2) is 17.2 Å². The Morgan fingerprint density at radius 2 is 2.20 bits per heavy atom. The molecule has 0 atom stereocenters. The molecule has 3 nitrogen and oxygen atoms in total. The summed E-state index contributed by atoms with van der Waals surface area (Å²) in [6.45, 7) is 1.87. The molecular weight excluding hydrogens is 149 g/mol. The van der Waals surface area contributed by atoms with Crippen LogP contribution in [0, 0.1) is 6.92 Å². The van der Waals surface area contributed by atoms with Crippen molar-refractivity contribution in [1.29, 1.82) is 0 Å². The molecule has 0 spiro atoms. The number of rotatable bonds is 1. The topological polar surface area (TPSA) is 66.5 Å². The van der Waals surface area contributed by atoms with Gasteiger partial charge in [0.15, 0.2) is 0 Å². The Bertz CT molecular complexity index is 236. The van der Waals surface area contributed by atoms with Crippen molar-refractivity contribution in [3.05, 3.63) is 10.9 Å². The van der Waals surface area contributed by atoms with E-state index >= 15 is 0 Å². The van der Waals surface area contributed by atoms with Crippen LogP contribution in [0.15, 0.2) is 6.07 Å². The van der Waals surface area contributed by atoms with Gasteiger partial charge in [0.1, 0.15) is 0 Å². The number of nitrogens with two attached hydrogens (primary N) is 1. The predicted octanol–water partition coefficient (Wildman–Crippen LogP) is -0.681. The molecule has 0 saturated heterocycles. The highest BCUT2D eigenvalue weighted by molar-refractivity contribution is 7.17. The van der Waals surface area contributed by atoms with Crippen LogP contribution in [0.4, 0.5) is 5.00 Å². The maximum absolute atomic E-state index is 8.70. The van der Waals surface area contributed by atoms with Gasteiger partial charge in [-0.3, -0.25) is 0 Å². The smallest absolute Gasteiger partial charge is 0.423 e. The van der Waals surface area contributed by atoms with Crippen LogP contribution in [0.3, 0.4) is 0 Å². The summed E-state index contributed by atoms with van der Waals surface area (Å²) in [5.74, 6) is 0. The molecule has 0 fully saturated rings. The maximum Gasteiger partial charge on any atom is 0.491 e. The lowest BCUT2D eigenvalue weighted by Crippen LogP contribution is -2.30. The Morgan fingerprint density at radius 1 is 1.60 bits per heavy atom. The molecule has 5 heteroatoms. The second-order valence-corrected chi connectivity index (χ2v) is 3.34. The summed E-state index contributed by atoms with van der Waals surface area (Å²) in [6.07, 6.45) is 0. The number of hydrogen-bond donors (Lipinski definition) is 3. The molecule has 0 aliphatic carbocycles. The Balaban J connectivity index is 3.03. The molecule has 0 radical (unpaired) electrons. The van der Waals surface area contributed by atoms with E-state index in [4.69, 9.17) is 15.8 Å². The van der Waals surface area contributed by atoms with Crippen molar-refractivity contribution in [2.45, 2.75) is 6.92 Å². The van der Waals surface area contributed by atoms with Crippen molar-refractivity contribution >= 4 is 28.9 Å². The molecule has 10 heavy (non-hydrogen) atoms. The first-order valence-electron chi connectivity index (χ1n) is 2.83. The first-order valence-corrected chi connectivity index (χ1v) is 3.65. The fourth-order valence-electron chi connectivity index (χ4n) is 0.754. The summed E-state index contributed by atoms with van der Waals surface area (Å²) in [4.78, 5) is 0.987. The van der Waals surface area contributed by atoms with Gasteiger partial charge in [-0.15, -0.1) is 11.3 Å². The average molecular weight is 157 g/mol. The summed E-state index contributed by atoms with van der Waals surface area (Å²) in [7, 11) is -1.44. The third-order valence-corrected chi connectivity index (χ3v) is 2.09. The SMILES string of the molecule is Cc1cc(B(O)O)c(N)s1. The number of hydrogen-bond acceptors (Lipinski definition) is 4. The van der Waals surface area contributed by atoms with Gasteiger partial charge in [0.05, 0.1) is 5.00 Å². The minimum Gasteiger partial charge on any atom is -0.423 e. The van der Waals surface area contributed by atoms with E-state index in [1.807, 2.05) is 6.92 Å². The Hall–Kier alpha value is -0.515. The molecule has 0 aliphatic heterocycles. The van der Waals surface area contributed by atoms with Gasteiger partial charge < -0.3 is 15.8 Å². The third-order valence-electron chi connectivity index (χ3n) is 1.19. The normalized spacial score (nSPS) is 9.90. The van der Waals surface area contributed by atoms with E-state index in [9.17, 15) is 0 Å². The van der Waals surface area contributed by atoms with Gasteiger partial charge in [-0.05, 0) is 13.0 Å². The second kappa shape index (κ2) is 2.61. The standard InChI is InChI=1S/C5H8BNO2S/c1-3-2-4(6(8)9)5(7)10-3/h2,8-9H,7H2,1H3. The van der Waals surface area contributed by atoms with Crippen molar-refractivity contribution in [1.82, 2.24) is 0 Å². The number of aryl methyl sites for hydroxylation is 1. The lowest BCUT2D eigenvalue weighted by atomic mass is 9.82. The van der Waals surface area contributed by atoms with Gasteiger partial charge in [-0.2, -0.15) is 0 Å². The van der Waals surface area contributed by atoms with Crippen LogP contribution in [0.1, 0.15) is 4.88 Å². The number of anilines is 1. The summed E-state index contributed by atoms with van der Waals surface area (Å²) < 4.78 is 0. The lowest BCUT2D eigenvalue weighted by molar-refractivity contribution is 0.426. The maximum atomic E-state index is 8.70. The van der Waals surface area contributed by atoms with E-state index in [1.54, 1.807) is 6.07 Å². The van der Waals surface area contributed by atoms with Crippen LogP contribution in [0.2, 0.25) is 0 Å². The predicted molar refractivity (Wildman–Crippen MR) is 43.3 cm³/mol. The average Bonchev–Trinajstić information content (AvgIpc) is 2.10. The molecule has 0 aromatic carbocycles. The second-order valence-electron chi connectivity index (χ2n) is 2.05. The molecule has 54 valence electrons. The Morgan fingerprint density at radius 3 is 2.40 bits per heavy atom. The van der Waals surface area contributed by atoms with E-state index < -0.39 is 7.12 Å². The zero-order valence-electron chi connectivity index (χ0n) is 5.53. The summed E-state index contributed by atoms with van der Waals surface area (Å²) in [5, 5.41) is 17.9. The molecule has 1 aromatic heterocycles. The summed E-state index contributed by atoms with van der Waals surface area (Å²) >= 11 is 1.36. The number of thiophene rings is 1. The first-order chi connectivity index (χ1) is 4.61. The van der Waals surface area contributed by atoms with Crippen LogP contribution >= 0.6 is 11.3 Å². The molecule has 0 aliphatic rings. The van der Waals surface area contributed by atoms with Crippen molar-refractivity contribution < 1.29 is 10.0 Å². The van der Waals surface area contributed by atoms with E-state index in [1.165, 1.54) is 11.3 Å². The monoisotopic (exact) mass is 157 g/mol. The van der Waals surface area contributed by atoms with Crippen molar-refractivity contribution in [2.75, 3.05) is 5.73 Å². The summed E-state index contributed by atoms with van der Waals surface area (Å²) in [6, 6.07) is 1.67.